The highest BCUT2D eigenvalue weighted by Gasteiger charge is 2.24. The largest absolute Gasteiger partial charge is 0.507 e. The number of fused-ring (bicyclic) bond motifs is 2. The lowest BCUT2D eigenvalue weighted by Crippen LogP contribution is -2.08. The fourth-order valence-electron chi connectivity index (χ4n) is 6.79. The van der Waals surface area contributed by atoms with E-state index in [0.717, 1.165) is 50.3 Å². The van der Waals surface area contributed by atoms with E-state index < -0.39 is 0 Å². The summed E-state index contributed by atoms with van der Waals surface area (Å²) in [6.07, 6.45) is 1.91. The van der Waals surface area contributed by atoms with Crippen molar-refractivity contribution in [3.63, 3.8) is 0 Å². The van der Waals surface area contributed by atoms with E-state index in [0.29, 0.717) is 23.3 Å². The lowest BCUT2D eigenvalue weighted by molar-refractivity contribution is 0.477. The molecule has 2 aromatic heterocycles. The first-order chi connectivity index (χ1) is 22.7. The van der Waals surface area contributed by atoms with Gasteiger partial charge in [-0.15, -0.1) is 0 Å². The van der Waals surface area contributed by atoms with Gasteiger partial charge in [-0.1, -0.05) is 120 Å². The van der Waals surface area contributed by atoms with Gasteiger partial charge < -0.3 is 5.11 Å². The van der Waals surface area contributed by atoms with E-state index in [1.54, 1.807) is 6.07 Å². The highest BCUT2D eigenvalue weighted by atomic mass is 16.3. The number of phenols is 1. The van der Waals surface area contributed by atoms with Crippen LogP contribution in [0.3, 0.4) is 0 Å². The molecule has 0 atom stereocenters. The fraction of sp³-hybridized carbons (Fsp3) is 0.209. The summed E-state index contributed by atoms with van der Waals surface area (Å²) in [5.41, 5.74) is 11.7. The van der Waals surface area contributed by atoms with Crippen LogP contribution in [0.15, 0.2) is 115 Å². The first kappa shape index (κ1) is 30.4. The van der Waals surface area contributed by atoms with Crippen LogP contribution in [0.5, 0.6) is 5.75 Å². The highest BCUT2D eigenvalue weighted by Crippen LogP contribution is 2.42. The van der Waals surface area contributed by atoms with Crippen molar-refractivity contribution >= 4 is 21.8 Å². The topological polar surface area (TPSA) is 50.9 Å². The number of imidazole rings is 1. The van der Waals surface area contributed by atoms with Crippen LogP contribution in [0.1, 0.15) is 76.0 Å². The number of aromatic hydroxyl groups is 1. The van der Waals surface area contributed by atoms with Crippen molar-refractivity contribution in [3.8, 4) is 45.2 Å². The Morgan fingerprint density at radius 1 is 0.617 bits per heavy atom. The maximum atomic E-state index is 11.1. The number of pyridine rings is 1. The van der Waals surface area contributed by atoms with Crippen LogP contribution in [-0.4, -0.2) is 19.6 Å². The van der Waals surface area contributed by atoms with Gasteiger partial charge in [-0.3, -0.25) is 9.55 Å². The van der Waals surface area contributed by atoms with Crippen molar-refractivity contribution in [2.45, 2.75) is 59.3 Å². The molecule has 0 radical (unpaired) electrons. The number of phenolic OH excluding ortho intramolecular Hbond substituents is 1. The summed E-state index contributed by atoms with van der Waals surface area (Å²) in [5.74, 6) is 1.99. The van der Waals surface area contributed by atoms with Gasteiger partial charge >= 0.3 is 0 Å². The molecule has 0 spiro atoms. The van der Waals surface area contributed by atoms with Crippen LogP contribution in [-0.2, 0) is 0 Å². The Labute approximate surface area is 277 Å². The van der Waals surface area contributed by atoms with Gasteiger partial charge in [-0.05, 0) is 75.7 Å². The average Bonchev–Trinajstić information content (AvgIpc) is 3.46. The molecule has 0 saturated heterocycles. The third-order valence-corrected chi connectivity index (χ3v) is 9.30. The van der Waals surface area contributed by atoms with Gasteiger partial charge in [0.2, 0.25) is 0 Å². The molecule has 5 aromatic carbocycles. The minimum atomic E-state index is 0.211. The number of para-hydroxylation sites is 3. The van der Waals surface area contributed by atoms with Gasteiger partial charge in [-0.25, -0.2) is 4.98 Å². The number of aromatic nitrogens is 3. The van der Waals surface area contributed by atoms with E-state index in [1.807, 2.05) is 24.4 Å². The number of nitrogens with zero attached hydrogens (tertiary/aromatic N) is 3. The molecule has 1 N–H and O–H groups in total. The van der Waals surface area contributed by atoms with Crippen molar-refractivity contribution in [3.05, 3.63) is 132 Å². The first-order valence-electron chi connectivity index (χ1n) is 16.7. The first-order valence-corrected chi connectivity index (χ1v) is 16.7. The number of hydrogen-bond donors (Lipinski definition) is 1. The molecular weight excluding hydrogens is 574 g/mol. The Morgan fingerprint density at radius 3 is 2.02 bits per heavy atom. The smallest absolute Gasteiger partial charge is 0.149 e. The van der Waals surface area contributed by atoms with E-state index >= 15 is 0 Å². The second-order valence-corrected chi connectivity index (χ2v) is 13.4. The normalized spacial score (nSPS) is 11.9. The zero-order chi connectivity index (χ0) is 32.8. The summed E-state index contributed by atoms with van der Waals surface area (Å²) in [4.78, 5) is 10.2. The Hall–Kier alpha value is -5.22. The Bertz CT molecular complexity index is 2230. The van der Waals surface area contributed by atoms with E-state index in [9.17, 15) is 5.11 Å². The zero-order valence-corrected chi connectivity index (χ0v) is 28.0. The molecule has 0 amide bonds. The van der Waals surface area contributed by atoms with Crippen LogP contribution in [0.2, 0.25) is 0 Å². The second-order valence-electron chi connectivity index (χ2n) is 13.4. The molecule has 7 aromatic rings. The van der Waals surface area contributed by atoms with E-state index in [2.05, 4.69) is 131 Å². The van der Waals surface area contributed by atoms with Crippen molar-refractivity contribution in [2.75, 3.05) is 0 Å². The van der Waals surface area contributed by atoms with Crippen LogP contribution in [0.4, 0.5) is 0 Å². The van der Waals surface area contributed by atoms with Crippen LogP contribution < -0.4 is 0 Å². The molecule has 234 valence electrons. The van der Waals surface area contributed by atoms with Gasteiger partial charge in [0.1, 0.15) is 11.6 Å². The predicted molar refractivity (Wildman–Crippen MR) is 197 cm³/mol. The molecule has 4 heteroatoms. The van der Waals surface area contributed by atoms with E-state index in [4.69, 9.17) is 9.97 Å². The average molecular weight is 616 g/mol. The minimum Gasteiger partial charge on any atom is -0.507 e. The molecule has 0 bridgehead atoms. The number of rotatable bonds is 7. The lowest BCUT2D eigenvalue weighted by Gasteiger charge is -2.22. The Morgan fingerprint density at radius 2 is 1.30 bits per heavy atom. The standard InChI is InChI=1S/C43H41N3O/c1-26(2)29-20-21-36-31(24-29)22-23-44-40(36)32-13-9-12-30(25-32)35-17-11-18-38-41(35)45-43(37-14-7-8-19-39(37)47)46(38)42-33(27(3)4)15-10-16-34(42)28(5)6/h7-28,47H,1-6H3. The molecule has 0 unspecified atom stereocenters. The van der Waals surface area contributed by atoms with Gasteiger partial charge in [0.05, 0.1) is 28.0 Å². The molecule has 2 heterocycles. The van der Waals surface area contributed by atoms with Crippen LogP contribution >= 0.6 is 0 Å². The lowest BCUT2D eigenvalue weighted by atomic mass is 9.92. The molecule has 0 saturated carbocycles. The monoisotopic (exact) mass is 615 g/mol. The predicted octanol–water partition coefficient (Wildman–Crippen LogP) is 11.7. The second kappa shape index (κ2) is 12.2. The molecule has 0 aliphatic heterocycles. The minimum absolute atomic E-state index is 0.211. The summed E-state index contributed by atoms with van der Waals surface area (Å²) >= 11 is 0. The third kappa shape index (κ3) is 5.38. The van der Waals surface area contributed by atoms with Crippen molar-refractivity contribution < 1.29 is 5.11 Å². The molecule has 7 rings (SSSR count). The van der Waals surface area contributed by atoms with Crippen LogP contribution in [0.25, 0.3) is 61.3 Å². The van der Waals surface area contributed by atoms with Gasteiger partial charge in [0, 0.05) is 22.7 Å². The SMILES string of the molecule is CC(C)c1ccc2c(-c3cccc(-c4cccc5c4nc(-c4ccccc4O)n5-c4c(C(C)C)cccc4C(C)C)c3)nccc2c1. The van der Waals surface area contributed by atoms with Crippen molar-refractivity contribution in [1.82, 2.24) is 14.5 Å². The Balaban J connectivity index is 1.48. The van der Waals surface area contributed by atoms with Crippen LogP contribution in [0, 0.1) is 0 Å². The molecule has 0 aliphatic rings. The van der Waals surface area contributed by atoms with E-state index in [1.165, 1.54) is 22.1 Å². The summed E-state index contributed by atoms with van der Waals surface area (Å²) in [7, 11) is 0. The maximum Gasteiger partial charge on any atom is 0.149 e. The molecule has 0 aliphatic carbocycles. The van der Waals surface area contributed by atoms with Crippen molar-refractivity contribution in [2.24, 2.45) is 0 Å². The highest BCUT2D eigenvalue weighted by molar-refractivity contribution is 5.99. The molecule has 4 nitrogen and oxygen atoms in total. The molecule has 47 heavy (non-hydrogen) atoms. The Kier molecular flexibility index (Phi) is 7.89. The fourth-order valence-corrected chi connectivity index (χ4v) is 6.79. The van der Waals surface area contributed by atoms with Gasteiger partial charge in [-0.2, -0.15) is 0 Å². The van der Waals surface area contributed by atoms with Crippen molar-refractivity contribution in [1.29, 1.82) is 0 Å². The van der Waals surface area contributed by atoms with Gasteiger partial charge in [0.15, 0.2) is 0 Å². The summed E-state index contributed by atoms with van der Waals surface area (Å²) in [5, 5.41) is 13.5. The molecule has 0 fully saturated rings. The quantitative estimate of drug-likeness (QED) is 0.194. The maximum absolute atomic E-state index is 11.1. The third-order valence-electron chi connectivity index (χ3n) is 9.30. The number of hydrogen-bond acceptors (Lipinski definition) is 3. The summed E-state index contributed by atoms with van der Waals surface area (Å²) < 4.78 is 2.28. The van der Waals surface area contributed by atoms with Gasteiger partial charge in [0.25, 0.3) is 0 Å². The van der Waals surface area contributed by atoms with E-state index in [-0.39, 0.29) is 5.75 Å². The number of benzene rings is 5. The summed E-state index contributed by atoms with van der Waals surface area (Å²) in [6, 6.07) is 38.0. The summed E-state index contributed by atoms with van der Waals surface area (Å²) in [6.45, 7) is 13.4. The molecular formula is C43H41N3O. The zero-order valence-electron chi connectivity index (χ0n) is 28.0.